The average Bonchev–Trinajstić information content (AvgIpc) is 2.92. The normalized spacial score (nSPS) is 20.2. The number of thiophene rings is 1. The van der Waals surface area contributed by atoms with E-state index in [0.717, 1.165) is 5.92 Å². The van der Waals surface area contributed by atoms with E-state index < -0.39 is 0 Å². The molecule has 2 N–H and O–H groups in total. The molecule has 0 bridgehead atoms. The summed E-state index contributed by atoms with van der Waals surface area (Å²) >= 11 is 1.91. The van der Waals surface area contributed by atoms with Gasteiger partial charge in [-0.3, -0.25) is 0 Å². The van der Waals surface area contributed by atoms with E-state index in [2.05, 4.69) is 25.3 Å². The maximum atomic E-state index is 5.97. The van der Waals surface area contributed by atoms with Crippen molar-refractivity contribution in [2.75, 3.05) is 0 Å². The summed E-state index contributed by atoms with van der Waals surface area (Å²) in [5, 5.41) is 2.22. The highest BCUT2D eigenvalue weighted by Crippen LogP contribution is 2.36. The average molecular weight is 223 g/mol. The highest BCUT2D eigenvalue weighted by molar-refractivity contribution is 7.10. The molecule has 0 amide bonds. The molecule has 1 aromatic rings. The maximum absolute atomic E-state index is 5.97. The van der Waals surface area contributed by atoms with E-state index in [-0.39, 0.29) is 6.04 Å². The van der Waals surface area contributed by atoms with Crippen LogP contribution in [0.2, 0.25) is 0 Å². The van der Waals surface area contributed by atoms with E-state index in [4.69, 9.17) is 5.73 Å². The van der Waals surface area contributed by atoms with Crippen LogP contribution in [0.5, 0.6) is 0 Å². The largest absolute Gasteiger partial charge is 0.327 e. The smallest absolute Gasteiger partial charge is 0.00806 e. The van der Waals surface area contributed by atoms with Crippen LogP contribution < -0.4 is 5.73 Å². The summed E-state index contributed by atoms with van der Waals surface area (Å²) in [6.45, 7) is 4.35. The van der Waals surface area contributed by atoms with Gasteiger partial charge in [0.05, 0.1) is 0 Å². The number of hydrogen-bond donors (Lipinski definition) is 1. The molecule has 2 rings (SSSR count). The minimum Gasteiger partial charge on any atom is -0.327 e. The molecule has 1 fully saturated rings. The highest BCUT2D eigenvalue weighted by Gasteiger charge is 2.22. The van der Waals surface area contributed by atoms with Crippen LogP contribution in [0.25, 0.3) is 0 Å². The van der Waals surface area contributed by atoms with Gasteiger partial charge in [-0.05, 0) is 48.6 Å². The van der Waals surface area contributed by atoms with Crippen molar-refractivity contribution in [3.8, 4) is 0 Å². The molecule has 2 heteroatoms. The predicted octanol–water partition coefficient (Wildman–Crippen LogP) is 3.54. The van der Waals surface area contributed by atoms with Crippen LogP contribution in [0.1, 0.15) is 49.5 Å². The standard InChI is InChI=1S/C13H21NS/c1-9(10(2)14)12-7-8-15-13(12)6-5-11-3-4-11/h7-11H,3-6,14H2,1-2H3/t9-,10-/m0/s1. The van der Waals surface area contributed by atoms with E-state index in [9.17, 15) is 0 Å². The summed E-state index contributed by atoms with van der Waals surface area (Å²) in [7, 11) is 0. The van der Waals surface area contributed by atoms with Gasteiger partial charge in [-0.25, -0.2) is 0 Å². The van der Waals surface area contributed by atoms with Crippen LogP contribution in [0.15, 0.2) is 11.4 Å². The van der Waals surface area contributed by atoms with Gasteiger partial charge in [0.2, 0.25) is 0 Å². The summed E-state index contributed by atoms with van der Waals surface area (Å²) in [5.41, 5.74) is 7.46. The lowest BCUT2D eigenvalue weighted by molar-refractivity contribution is 0.607. The molecule has 0 aliphatic heterocycles. The fourth-order valence-electron chi connectivity index (χ4n) is 1.98. The number of aryl methyl sites for hydroxylation is 1. The SMILES string of the molecule is C[C@H](N)[C@H](C)c1ccsc1CCC1CC1. The number of rotatable bonds is 5. The molecule has 0 radical (unpaired) electrons. The van der Waals surface area contributed by atoms with E-state index >= 15 is 0 Å². The van der Waals surface area contributed by atoms with Crippen molar-refractivity contribution in [2.24, 2.45) is 11.7 Å². The summed E-state index contributed by atoms with van der Waals surface area (Å²) in [5.74, 6) is 1.54. The van der Waals surface area contributed by atoms with Crippen molar-refractivity contribution < 1.29 is 0 Å². The zero-order chi connectivity index (χ0) is 10.8. The highest BCUT2D eigenvalue weighted by atomic mass is 32.1. The van der Waals surface area contributed by atoms with E-state index in [0.29, 0.717) is 5.92 Å². The third-order valence-corrected chi connectivity index (χ3v) is 4.53. The molecule has 1 aliphatic carbocycles. The maximum Gasteiger partial charge on any atom is 0.00806 e. The molecule has 1 nitrogen and oxygen atoms in total. The minimum atomic E-state index is 0.263. The van der Waals surface area contributed by atoms with Crippen molar-refractivity contribution in [3.63, 3.8) is 0 Å². The molecule has 0 unspecified atom stereocenters. The Morgan fingerprint density at radius 1 is 1.47 bits per heavy atom. The Kier molecular flexibility index (Phi) is 3.47. The van der Waals surface area contributed by atoms with Gasteiger partial charge in [0.15, 0.2) is 0 Å². The Labute approximate surface area is 96.7 Å². The third-order valence-electron chi connectivity index (χ3n) is 3.54. The van der Waals surface area contributed by atoms with E-state index in [1.54, 1.807) is 4.88 Å². The molecule has 0 aromatic carbocycles. The van der Waals surface area contributed by atoms with Gasteiger partial charge in [0.25, 0.3) is 0 Å². The second kappa shape index (κ2) is 4.67. The monoisotopic (exact) mass is 223 g/mol. The second-order valence-electron chi connectivity index (χ2n) is 4.93. The number of hydrogen-bond acceptors (Lipinski definition) is 2. The van der Waals surface area contributed by atoms with Gasteiger partial charge in [0, 0.05) is 10.9 Å². The van der Waals surface area contributed by atoms with Crippen LogP contribution in [-0.4, -0.2) is 6.04 Å². The predicted molar refractivity (Wildman–Crippen MR) is 67.4 cm³/mol. The Balaban J connectivity index is 1.99. The zero-order valence-corrected chi connectivity index (χ0v) is 10.5. The summed E-state index contributed by atoms with van der Waals surface area (Å²) in [6, 6.07) is 2.53. The first-order valence-corrected chi connectivity index (χ1v) is 6.88. The molecule has 84 valence electrons. The summed E-state index contributed by atoms with van der Waals surface area (Å²) in [4.78, 5) is 1.58. The van der Waals surface area contributed by atoms with Gasteiger partial charge < -0.3 is 5.73 Å². The molecular formula is C13H21NS. The molecule has 0 spiro atoms. The Morgan fingerprint density at radius 3 is 2.80 bits per heavy atom. The molecular weight excluding hydrogens is 202 g/mol. The minimum absolute atomic E-state index is 0.263. The van der Waals surface area contributed by atoms with Crippen LogP contribution in [-0.2, 0) is 6.42 Å². The number of nitrogens with two attached hydrogens (primary N) is 1. The van der Waals surface area contributed by atoms with Crippen LogP contribution in [0, 0.1) is 5.92 Å². The molecule has 1 heterocycles. The molecule has 0 saturated heterocycles. The van der Waals surface area contributed by atoms with Crippen molar-refractivity contribution in [1.29, 1.82) is 0 Å². The second-order valence-corrected chi connectivity index (χ2v) is 5.93. The molecule has 1 aliphatic rings. The molecule has 15 heavy (non-hydrogen) atoms. The van der Waals surface area contributed by atoms with Crippen LogP contribution in [0.3, 0.4) is 0 Å². The quantitative estimate of drug-likeness (QED) is 0.812. The van der Waals surface area contributed by atoms with Crippen molar-refractivity contribution in [3.05, 3.63) is 21.9 Å². The first-order valence-electron chi connectivity index (χ1n) is 6.00. The first-order chi connectivity index (χ1) is 7.18. The van der Waals surface area contributed by atoms with Crippen molar-refractivity contribution in [2.45, 2.75) is 51.5 Å². The van der Waals surface area contributed by atoms with Crippen molar-refractivity contribution in [1.82, 2.24) is 0 Å². The third kappa shape index (κ3) is 2.82. The lowest BCUT2D eigenvalue weighted by Crippen LogP contribution is -2.22. The van der Waals surface area contributed by atoms with Crippen LogP contribution in [0.4, 0.5) is 0 Å². The summed E-state index contributed by atoms with van der Waals surface area (Å²) in [6.07, 6.45) is 5.58. The van der Waals surface area contributed by atoms with Crippen LogP contribution >= 0.6 is 11.3 Å². The lowest BCUT2D eigenvalue weighted by Gasteiger charge is -2.16. The summed E-state index contributed by atoms with van der Waals surface area (Å²) < 4.78 is 0. The molecule has 1 saturated carbocycles. The van der Waals surface area contributed by atoms with E-state index in [1.165, 1.54) is 31.2 Å². The molecule has 2 atom stereocenters. The zero-order valence-electron chi connectivity index (χ0n) is 9.70. The van der Waals surface area contributed by atoms with Gasteiger partial charge in [-0.2, -0.15) is 0 Å². The first kappa shape index (κ1) is 11.2. The van der Waals surface area contributed by atoms with Gasteiger partial charge in [0.1, 0.15) is 0 Å². The Morgan fingerprint density at radius 2 is 2.20 bits per heavy atom. The van der Waals surface area contributed by atoms with E-state index in [1.807, 2.05) is 11.3 Å². The van der Waals surface area contributed by atoms with Crippen molar-refractivity contribution >= 4 is 11.3 Å². The topological polar surface area (TPSA) is 26.0 Å². The molecule has 1 aromatic heterocycles. The fraction of sp³-hybridized carbons (Fsp3) is 0.692. The Hall–Kier alpha value is -0.340. The van der Waals surface area contributed by atoms with Gasteiger partial charge in [-0.15, -0.1) is 11.3 Å². The lowest BCUT2D eigenvalue weighted by atomic mass is 9.94. The van der Waals surface area contributed by atoms with Gasteiger partial charge in [-0.1, -0.05) is 19.8 Å². The fourth-order valence-corrected chi connectivity index (χ4v) is 2.99. The van der Waals surface area contributed by atoms with Gasteiger partial charge >= 0.3 is 0 Å². The Bertz CT molecular complexity index is 312.